The fourth-order valence-electron chi connectivity index (χ4n) is 3.35. The van der Waals surface area contributed by atoms with Crippen molar-refractivity contribution in [3.8, 4) is 0 Å². The van der Waals surface area contributed by atoms with Crippen molar-refractivity contribution in [1.82, 2.24) is 9.29 Å². The van der Waals surface area contributed by atoms with Crippen LogP contribution in [0.15, 0.2) is 47.4 Å². The SMILES string of the molecule is CCCCN(C)S(=O)(=O)c1ccc(C(=O)OC2CN(c3nc4ccc(F)cc4s3)C2)cc1. The van der Waals surface area contributed by atoms with Crippen molar-refractivity contribution in [1.29, 1.82) is 0 Å². The van der Waals surface area contributed by atoms with Gasteiger partial charge in [-0.05, 0) is 48.9 Å². The predicted molar refractivity (Wildman–Crippen MR) is 122 cm³/mol. The quantitative estimate of drug-likeness (QED) is 0.458. The zero-order chi connectivity index (χ0) is 22.9. The fourth-order valence-corrected chi connectivity index (χ4v) is 5.57. The molecule has 2 heterocycles. The Morgan fingerprint density at radius 1 is 1.25 bits per heavy atom. The number of thiazole rings is 1. The van der Waals surface area contributed by atoms with Crippen LogP contribution in [0.4, 0.5) is 9.52 Å². The molecule has 10 heteroatoms. The molecule has 0 aliphatic carbocycles. The molecule has 4 rings (SSSR count). The maximum absolute atomic E-state index is 13.4. The average molecular weight is 478 g/mol. The van der Waals surface area contributed by atoms with Crippen LogP contribution in [0, 0.1) is 5.82 Å². The zero-order valence-electron chi connectivity index (χ0n) is 17.8. The van der Waals surface area contributed by atoms with Crippen LogP contribution in [0.2, 0.25) is 0 Å². The third kappa shape index (κ3) is 4.62. The fraction of sp³-hybridized carbons (Fsp3) is 0.364. The van der Waals surface area contributed by atoms with Crippen LogP contribution < -0.4 is 4.90 Å². The number of unbranched alkanes of at least 4 members (excludes halogenated alkanes) is 1. The third-order valence-electron chi connectivity index (χ3n) is 5.36. The molecule has 0 atom stereocenters. The molecule has 7 nitrogen and oxygen atoms in total. The van der Waals surface area contributed by atoms with E-state index in [9.17, 15) is 17.6 Å². The predicted octanol–water partition coefficient (Wildman–Crippen LogP) is 3.90. The first kappa shape index (κ1) is 22.6. The number of fused-ring (bicyclic) bond motifs is 1. The topological polar surface area (TPSA) is 79.8 Å². The first-order chi connectivity index (χ1) is 15.3. The largest absolute Gasteiger partial charge is 0.455 e. The summed E-state index contributed by atoms with van der Waals surface area (Å²) < 4.78 is 46.1. The second-order valence-electron chi connectivity index (χ2n) is 7.75. The molecule has 1 saturated heterocycles. The Labute approximate surface area is 190 Å². The summed E-state index contributed by atoms with van der Waals surface area (Å²) in [4.78, 5) is 19.1. The molecule has 1 fully saturated rings. The van der Waals surface area contributed by atoms with E-state index < -0.39 is 16.0 Å². The Morgan fingerprint density at radius 3 is 2.66 bits per heavy atom. The Bertz CT molecular complexity index is 1220. The lowest BCUT2D eigenvalue weighted by molar-refractivity contribution is 0.0234. The number of aromatic nitrogens is 1. The molecule has 0 saturated carbocycles. The smallest absolute Gasteiger partial charge is 0.338 e. The molecule has 170 valence electrons. The third-order valence-corrected chi connectivity index (χ3v) is 8.31. The highest BCUT2D eigenvalue weighted by Crippen LogP contribution is 2.32. The normalized spacial score (nSPS) is 14.7. The van der Waals surface area contributed by atoms with Crippen LogP contribution in [0.5, 0.6) is 0 Å². The van der Waals surface area contributed by atoms with Gasteiger partial charge in [-0.2, -0.15) is 0 Å². The Kier molecular flexibility index (Phi) is 6.45. The van der Waals surface area contributed by atoms with Crippen molar-refractivity contribution in [2.75, 3.05) is 31.6 Å². The summed E-state index contributed by atoms with van der Waals surface area (Å²) in [6, 6.07) is 10.3. The molecule has 1 aromatic heterocycles. The Hall–Kier alpha value is -2.56. The Balaban J connectivity index is 1.33. The maximum Gasteiger partial charge on any atom is 0.338 e. The highest BCUT2D eigenvalue weighted by Gasteiger charge is 2.32. The minimum atomic E-state index is -3.58. The molecule has 0 radical (unpaired) electrons. The summed E-state index contributed by atoms with van der Waals surface area (Å²) in [7, 11) is -2.02. The lowest BCUT2D eigenvalue weighted by atomic mass is 10.2. The van der Waals surface area contributed by atoms with Crippen molar-refractivity contribution in [2.24, 2.45) is 0 Å². The number of nitrogens with zero attached hydrogens (tertiary/aromatic N) is 3. The van der Waals surface area contributed by atoms with Gasteiger partial charge in [-0.25, -0.2) is 26.9 Å². The van der Waals surface area contributed by atoms with Gasteiger partial charge in [0.1, 0.15) is 11.9 Å². The van der Waals surface area contributed by atoms with Gasteiger partial charge < -0.3 is 9.64 Å². The van der Waals surface area contributed by atoms with Gasteiger partial charge in [0.25, 0.3) is 0 Å². The standard InChI is InChI=1S/C22H24FN3O4S2/c1-3-4-11-25(2)32(28,29)18-8-5-15(6-9-18)21(27)30-17-13-26(14-17)22-24-19-10-7-16(23)12-20(19)31-22/h5-10,12,17H,3-4,11,13-14H2,1-2H3. The molecular formula is C22H24FN3O4S2. The minimum absolute atomic E-state index is 0.148. The van der Waals surface area contributed by atoms with Crippen molar-refractivity contribution >= 4 is 42.7 Å². The van der Waals surface area contributed by atoms with Gasteiger partial charge in [0.2, 0.25) is 10.0 Å². The van der Waals surface area contributed by atoms with E-state index in [1.165, 1.54) is 52.0 Å². The van der Waals surface area contributed by atoms with E-state index in [-0.39, 0.29) is 16.8 Å². The number of rotatable bonds is 8. The lowest BCUT2D eigenvalue weighted by Crippen LogP contribution is -2.53. The molecule has 0 amide bonds. The molecule has 0 N–H and O–H groups in total. The van der Waals surface area contributed by atoms with Crippen molar-refractivity contribution in [3.05, 3.63) is 53.8 Å². The number of anilines is 1. The number of hydrogen-bond donors (Lipinski definition) is 0. The number of halogens is 1. The molecule has 2 aromatic carbocycles. The van der Waals surface area contributed by atoms with Gasteiger partial charge in [0.15, 0.2) is 5.13 Å². The summed E-state index contributed by atoms with van der Waals surface area (Å²) in [6.45, 7) is 3.46. The first-order valence-corrected chi connectivity index (χ1v) is 12.6. The van der Waals surface area contributed by atoms with E-state index in [2.05, 4.69) is 4.98 Å². The molecule has 1 aliphatic rings. The Morgan fingerprint density at radius 2 is 1.97 bits per heavy atom. The summed E-state index contributed by atoms with van der Waals surface area (Å²) in [5, 5.41) is 0.764. The van der Waals surface area contributed by atoms with Crippen LogP contribution in [-0.2, 0) is 14.8 Å². The monoisotopic (exact) mass is 477 g/mol. The average Bonchev–Trinajstić information content (AvgIpc) is 3.16. The second kappa shape index (κ2) is 9.13. The van der Waals surface area contributed by atoms with Crippen LogP contribution in [0.25, 0.3) is 10.2 Å². The van der Waals surface area contributed by atoms with E-state index in [0.29, 0.717) is 25.2 Å². The second-order valence-corrected chi connectivity index (χ2v) is 10.8. The number of benzene rings is 2. The van der Waals surface area contributed by atoms with E-state index in [1.54, 1.807) is 13.1 Å². The number of sulfonamides is 1. The van der Waals surface area contributed by atoms with E-state index in [4.69, 9.17) is 4.74 Å². The number of esters is 1. The molecular weight excluding hydrogens is 453 g/mol. The molecule has 1 aliphatic heterocycles. The number of carbonyl (C=O) groups is 1. The first-order valence-electron chi connectivity index (χ1n) is 10.4. The minimum Gasteiger partial charge on any atom is -0.455 e. The summed E-state index contributed by atoms with van der Waals surface area (Å²) in [6.07, 6.45) is 1.41. The molecule has 3 aromatic rings. The van der Waals surface area contributed by atoms with Crippen LogP contribution in [-0.4, -0.2) is 56.5 Å². The lowest BCUT2D eigenvalue weighted by Gasteiger charge is -2.38. The number of hydrogen-bond acceptors (Lipinski definition) is 7. The molecule has 32 heavy (non-hydrogen) atoms. The van der Waals surface area contributed by atoms with Crippen LogP contribution in [0.1, 0.15) is 30.1 Å². The highest BCUT2D eigenvalue weighted by atomic mass is 32.2. The van der Waals surface area contributed by atoms with Crippen molar-refractivity contribution < 1.29 is 22.3 Å². The molecule has 0 unspecified atom stereocenters. The van der Waals surface area contributed by atoms with Crippen molar-refractivity contribution in [3.63, 3.8) is 0 Å². The van der Waals surface area contributed by atoms with Gasteiger partial charge >= 0.3 is 5.97 Å². The van der Waals surface area contributed by atoms with Gasteiger partial charge in [0, 0.05) is 13.6 Å². The zero-order valence-corrected chi connectivity index (χ0v) is 19.5. The van der Waals surface area contributed by atoms with Gasteiger partial charge in [-0.1, -0.05) is 24.7 Å². The molecule has 0 spiro atoms. The van der Waals surface area contributed by atoms with E-state index >= 15 is 0 Å². The van der Waals surface area contributed by atoms with Gasteiger partial charge in [0.05, 0.1) is 33.8 Å². The van der Waals surface area contributed by atoms with Crippen LogP contribution >= 0.6 is 11.3 Å². The van der Waals surface area contributed by atoms with Gasteiger partial charge in [-0.3, -0.25) is 0 Å². The van der Waals surface area contributed by atoms with Gasteiger partial charge in [-0.15, -0.1) is 0 Å². The number of carbonyl (C=O) groups excluding carboxylic acids is 1. The van der Waals surface area contributed by atoms with Crippen LogP contribution in [0.3, 0.4) is 0 Å². The van der Waals surface area contributed by atoms with Crippen molar-refractivity contribution in [2.45, 2.75) is 30.8 Å². The summed E-state index contributed by atoms with van der Waals surface area (Å²) >= 11 is 1.40. The summed E-state index contributed by atoms with van der Waals surface area (Å²) in [5.41, 5.74) is 1.04. The van der Waals surface area contributed by atoms with E-state index in [0.717, 1.165) is 28.2 Å². The maximum atomic E-state index is 13.4. The highest BCUT2D eigenvalue weighted by molar-refractivity contribution is 7.89. The number of ether oxygens (including phenoxy) is 1. The van der Waals surface area contributed by atoms with E-state index in [1.807, 2.05) is 11.8 Å². The molecule has 0 bridgehead atoms. The summed E-state index contributed by atoms with van der Waals surface area (Å²) in [5.74, 6) is -0.793.